The van der Waals surface area contributed by atoms with Crippen molar-refractivity contribution in [2.24, 2.45) is 17.8 Å². The molecule has 0 radical (unpaired) electrons. The molecule has 9 N–H and O–H groups in total. The number of nitrogens with one attached hydrogen (secondary N) is 4. The van der Waals surface area contributed by atoms with Crippen molar-refractivity contribution in [1.82, 2.24) is 55.7 Å². The number of aromatic nitrogens is 1. The Kier molecular flexibility index (Phi) is 21.4. The molecule has 1 aromatic carbocycles. The number of cyclic esters (lactones) is 1. The van der Waals surface area contributed by atoms with Crippen LogP contribution in [0.2, 0.25) is 0 Å². The second-order valence-corrected chi connectivity index (χ2v) is 25.4. The van der Waals surface area contributed by atoms with Gasteiger partial charge in [-0.05, 0) is 70.4 Å². The summed E-state index contributed by atoms with van der Waals surface area (Å²) in [6.45, 7) is 14.1. The molecule has 0 saturated carbocycles. The minimum atomic E-state index is -2.17. The van der Waals surface area contributed by atoms with E-state index in [0.29, 0.717) is 5.56 Å². The summed E-state index contributed by atoms with van der Waals surface area (Å²) in [5, 5.41) is 43.9. The van der Waals surface area contributed by atoms with Crippen LogP contribution >= 0.6 is 0 Å². The zero-order valence-corrected chi connectivity index (χ0v) is 54.2. The standard InChI is InChI=1S/C61H84N12O19/c1-24(2)41-57(85)72-20-32(74)19-34(72)56(84)68(12)21-37(77)70(14)30(10)52(80)67-45(55(83)64-41)36(76)23-90-60(88)39-40(62)49(79)29(9)51-46(39)63-44-33(17-16-27(7)50(44)92-51)53(81)66-43-31(11)91-61(89)47(26(5)6)71(15)38(78)22-69(13)59(87)48-35(75)18-28(8)73(48)58(86)42(25(3)4)65-54(43)82/h16-17,24-26,28,30-32,34-36,41-43,45,47-48,74-76H,18-23,62H2,1-15H3,(H,64,83)(H,65,82)(H,66,81)(H,67,80)/t28-,30-,31+,32-,34-,35-,36-,41+,42+,43-,45-,47-,48-/m0/s1. The number of nitrogens with zero attached hydrogens (tertiary/aromatic N) is 7. The Morgan fingerprint density at radius 2 is 1.33 bits per heavy atom. The van der Waals surface area contributed by atoms with Crippen LogP contribution in [0.15, 0.2) is 21.3 Å². The number of aliphatic hydroxyl groups is 3. The highest BCUT2D eigenvalue weighted by Crippen LogP contribution is 2.36. The Morgan fingerprint density at radius 1 is 0.750 bits per heavy atom. The normalized spacial score (nSPS) is 27.7. The first-order chi connectivity index (χ1) is 42.9. The summed E-state index contributed by atoms with van der Waals surface area (Å²) in [6.07, 6.45) is -6.46. The lowest BCUT2D eigenvalue weighted by atomic mass is 9.99. The third-order valence-electron chi connectivity index (χ3n) is 17.6. The average molecular weight is 1290 g/mol. The lowest BCUT2D eigenvalue weighted by Gasteiger charge is -2.37. The molecule has 0 bridgehead atoms. The van der Waals surface area contributed by atoms with Gasteiger partial charge in [-0.1, -0.05) is 47.6 Å². The highest BCUT2D eigenvalue weighted by molar-refractivity contribution is 6.09. The van der Waals surface area contributed by atoms with Gasteiger partial charge < -0.3 is 85.6 Å². The number of esters is 2. The van der Waals surface area contributed by atoms with Crippen LogP contribution in [-0.4, -0.2) is 254 Å². The Bertz CT molecular complexity index is 3500. The van der Waals surface area contributed by atoms with Crippen LogP contribution in [0.25, 0.3) is 22.6 Å². The lowest BCUT2D eigenvalue weighted by molar-refractivity contribution is -0.163. The molecule has 0 unspecified atom stereocenters. The average Bonchev–Trinajstić information content (AvgIpc) is 0.934. The number of anilines is 1. The number of carbonyl (C=O) groups is 12. The Hall–Kier alpha value is -8.84. The van der Waals surface area contributed by atoms with Gasteiger partial charge in [0.1, 0.15) is 83.9 Å². The molecule has 0 spiro atoms. The van der Waals surface area contributed by atoms with Crippen molar-refractivity contribution < 1.29 is 86.7 Å². The van der Waals surface area contributed by atoms with E-state index in [0.717, 1.165) is 29.4 Å². The summed E-state index contributed by atoms with van der Waals surface area (Å²) in [5.41, 5.74) is 2.89. The van der Waals surface area contributed by atoms with E-state index >= 15 is 0 Å². The monoisotopic (exact) mass is 1290 g/mol. The largest absolute Gasteiger partial charge is 0.459 e. The fourth-order valence-corrected chi connectivity index (χ4v) is 12.0. The molecule has 5 heterocycles. The number of carbonyl (C=O) groups excluding carboxylic acids is 12. The minimum Gasteiger partial charge on any atom is -0.459 e. The van der Waals surface area contributed by atoms with Gasteiger partial charge in [0.25, 0.3) is 5.91 Å². The lowest BCUT2D eigenvalue weighted by Crippen LogP contribution is -2.62. The number of aryl methyl sites for hydroxylation is 1. The Labute approximate surface area is 530 Å². The van der Waals surface area contributed by atoms with Gasteiger partial charge in [-0.2, -0.15) is 0 Å². The van der Waals surface area contributed by atoms with Crippen molar-refractivity contribution in [2.45, 2.75) is 168 Å². The quantitative estimate of drug-likeness (QED) is 0.0618. The summed E-state index contributed by atoms with van der Waals surface area (Å²) in [7, 11) is 5.21. The molecule has 13 atom stereocenters. The molecule has 4 saturated heterocycles. The second-order valence-electron chi connectivity index (χ2n) is 25.4. The van der Waals surface area contributed by atoms with Crippen LogP contribution < -0.4 is 32.4 Å². The van der Waals surface area contributed by atoms with Gasteiger partial charge >= 0.3 is 11.9 Å². The summed E-state index contributed by atoms with van der Waals surface area (Å²) in [4.78, 5) is 196. The number of aliphatic hydroxyl groups excluding tert-OH is 3. The molecule has 7 rings (SSSR count). The number of nitrogens with two attached hydrogens (primary N) is 1. The minimum absolute atomic E-state index is 0.0278. The van der Waals surface area contributed by atoms with Crippen molar-refractivity contribution in [3.63, 3.8) is 0 Å². The van der Waals surface area contributed by atoms with E-state index in [9.17, 15) is 77.6 Å². The smallest absolute Gasteiger partial charge is 0.342 e. The van der Waals surface area contributed by atoms with E-state index in [-0.39, 0.29) is 47.4 Å². The van der Waals surface area contributed by atoms with Crippen molar-refractivity contribution in [2.75, 3.05) is 60.2 Å². The van der Waals surface area contributed by atoms with E-state index in [1.54, 1.807) is 55.4 Å². The van der Waals surface area contributed by atoms with E-state index in [2.05, 4.69) is 26.3 Å². The van der Waals surface area contributed by atoms with E-state index in [1.165, 1.54) is 61.1 Å². The first-order valence-corrected chi connectivity index (χ1v) is 30.4. The maximum absolute atomic E-state index is 15.0. The molecule has 92 heavy (non-hydrogen) atoms. The van der Waals surface area contributed by atoms with Gasteiger partial charge in [0, 0.05) is 52.8 Å². The number of fused-ring (bicyclic) bond motifs is 4. The fourth-order valence-electron chi connectivity index (χ4n) is 12.0. The number of benzene rings is 2. The van der Waals surface area contributed by atoms with Gasteiger partial charge in [-0.3, -0.25) is 52.7 Å². The predicted octanol–water partition coefficient (Wildman–Crippen LogP) is -2.61. The predicted molar refractivity (Wildman–Crippen MR) is 325 cm³/mol. The zero-order chi connectivity index (χ0) is 68.7. The van der Waals surface area contributed by atoms with E-state index < -0.39 is 210 Å². The maximum Gasteiger partial charge on any atom is 0.342 e. The molecule has 10 amide bonds. The molecule has 1 aliphatic carbocycles. The molecule has 6 aliphatic rings. The highest BCUT2D eigenvalue weighted by Gasteiger charge is 2.51. The van der Waals surface area contributed by atoms with Crippen LogP contribution in [0.5, 0.6) is 0 Å². The second kappa shape index (κ2) is 27.9. The number of amides is 10. The maximum atomic E-state index is 15.0. The van der Waals surface area contributed by atoms with Gasteiger partial charge in [-0.25, -0.2) is 14.6 Å². The van der Waals surface area contributed by atoms with Crippen LogP contribution in [-0.2, 0) is 57.4 Å². The number of rotatable bonds is 9. The SMILES string of the molecule is Cc1c2oc3c(C)ccc(C(=O)N[C@@H]4C(=O)N[C@H](C(C)C)C(=O)N5[C@H](C(=O)N(C)CC(=O)N(C)[C@@H](C(C)C)C(=O)O[C@@H]4C)[C@@H](O)C[C@@H]5C)c3nc-2c(C(=O)OC[C@H](O)[C@@H]2NC(=O)[C@H](C)N(C)C(=O)CN(C)C(=O)[C@@H]3C[C@H](O)CN3C(=O)[C@@H](C(C)C)NC2=O)c(N)c1=O. The number of nitrogen functional groups attached to an aromatic ring is 1. The van der Waals surface area contributed by atoms with Crippen molar-refractivity contribution in [1.29, 1.82) is 0 Å². The summed E-state index contributed by atoms with van der Waals surface area (Å²) in [6, 6.07) is -10.1. The van der Waals surface area contributed by atoms with Crippen molar-refractivity contribution in [3.8, 4) is 11.5 Å². The first kappa shape index (κ1) is 70.6. The van der Waals surface area contributed by atoms with Crippen molar-refractivity contribution in [3.05, 3.63) is 44.6 Å². The summed E-state index contributed by atoms with van der Waals surface area (Å²) >= 11 is 0. The summed E-state index contributed by atoms with van der Waals surface area (Å²) in [5.74, 6) is -13.6. The van der Waals surface area contributed by atoms with Gasteiger partial charge in [0.2, 0.25) is 58.6 Å². The van der Waals surface area contributed by atoms with Crippen LogP contribution in [0.4, 0.5) is 5.69 Å². The van der Waals surface area contributed by atoms with E-state index in [1.807, 2.05) is 0 Å². The summed E-state index contributed by atoms with van der Waals surface area (Å²) < 4.78 is 17.8. The molecule has 5 aliphatic heterocycles. The molecular weight excluding hydrogens is 1200 g/mol. The van der Waals surface area contributed by atoms with Gasteiger partial charge in [0.05, 0.1) is 36.5 Å². The molecule has 1 aromatic rings. The molecular formula is C61H84N12O19. The topological polar surface area (TPSA) is 421 Å². The Balaban J connectivity index is 1.26. The highest BCUT2D eigenvalue weighted by atomic mass is 16.6. The fraction of sp³-hybridized carbons (Fsp3) is 0.607. The van der Waals surface area contributed by atoms with Crippen LogP contribution in [0, 0.1) is 31.6 Å². The molecule has 31 nitrogen and oxygen atoms in total. The van der Waals surface area contributed by atoms with Crippen molar-refractivity contribution >= 4 is 87.8 Å². The van der Waals surface area contributed by atoms with Crippen LogP contribution in [0.3, 0.4) is 0 Å². The molecule has 0 aromatic heterocycles. The molecule has 502 valence electrons. The zero-order valence-electron chi connectivity index (χ0n) is 54.2. The first-order valence-electron chi connectivity index (χ1n) is 30.4. The van der Waals surface area contributed by atoms with E-state index in [4.69, 9.17) is 19.6 Å². The Morgan fingerprint density at radius 3 is 1.93 bits per heavy atom. The number of hydrogen-bond donors (Lipinski definition) is 8. The third kappa shape index (κ3) is 14.0. The molecule has 31 heteroatoms. The number of ether oxygens (including phenoxy) is 2. The number of likely N-dealkylation sites (N-methyl/N-ethyl adjacent to an activating group) is 4. The number of hydrogen-bond acceptors (Lipinski definition) is 21. The van der Waals surface area contributed by atoms with Gasteiger partial charge in [0.15, 0.2) is 11.3 Å². The van der Waals surface area contributed by atoms with Gasteiger partial charge in [-0.15, -0.1) is 0 Å². The molecule has 4 fully saturated rings. The third-order valence-corrected chi connectivity index (χ3v) is 17.6. The van der Waals surface area contributed by atoms with Crippen LogP contribution in [0.1, 0.15) is 107 Å².